The van der Waals surface area contributed by atoms with Crippen LogP contribution in [0.2, 0.25) is 10.0 Å². The van der Waals surface area contributed by atoms with Crippen molar-refractivity contribution in [1.82, 2.24) is 4.98 Å². The molecular formula is C17H14Cl2N2O4S. The smallest absolute Gasteiger partial charge is 0.347 e. The van der Waals surface area contributed by atoms with E-state index < -0.39 is 30.4 Å². The lowest BCUT2D eigenvalue weighted by atomic mass is 10.1. The molecule has 0 bridgehead atoms. The van der Waals surface area contributed by atoms with Crippen molar-refractivity contribution in [2.75, 3.05) is 6.61 Å². The zero-order valence-corrected chi connectivity index (χ0v) is 16.2. The fourth-order valence-electron chi connectivity index (χ4n) is 1.92. The number of hydrogen-bond acceptors (Lipinski definition) is 7. The van der Waals surface area contributed by atoms with Crippen LogP contribution in [0.15, 0.2) is 23.6 Å². The SMILES string of the molecule is Cc1csc([C@H](C#N)C(=O)COC(=O)[C@@H](C)Oc2ccc(Cl)cc2Cl)n1. The first-order chi connectivity index (χ1) is 12.3. The number of ketones is 1. The first kappa shape index (κ1) is 20.2. The number of hydrogen-bond donors (Lipinski definition) is 0. The van der Waals surface area contributed by atoms with Gasteiger partial charge in [0.1, 0.15) is 10.8 Å². The monoisotopic (exact) mass is 412 g/mol. The highest BCUT2D eigenvalue weighted by atomic mass is 35.5. The van der Waals surface area contributed by atoms with E-state index in [0.29, 0.717) is 10.0 Å². The molecule has 26 heavy (non-hydrogen) atoms. The predicted molar refractivity (Wildman–Crippen MR) is 97.7 cm³/mol. The Morgan fingerprint density at radius 2 is 2.12 bits per heavy atom. The molecule has 9 heteroatoms. The third kappa shape index (κ3) is 5.18. The van der Waals surface area contributed by atoms with Crippen LogP contribution < -0.4 is 4.74 Å². The third-order valence-electron chi connectivity index (χ3n) is 3.22. The van der Waals surface area contributed by atoms with E-state index in [4.69, 9.17) is 32.7 Å². The Bertz CT molecular complexity index is 863. The van der Waals surface area contributed by atoms with Gasteiger partial charge in [-0.15, -0.1) is 11.3 Å². The van der Waals surface area contributed by atoms with Gasteiger partial charge in [-0.2, -0.15) is 5.26 Å². The summed E-state index contributed by atoms with van der Waals surface area (Å²) in [5.74, 6) is -2.10. The number of carbonyl (C=O) groups excluding carboxylic acids is 2. The van der Waals surface area contributed by atoms with Gasteiger partial charge in [-0.3, -0.25) is 4.79 Å². The molecule has 136 valence electrons. The van der Waals surface area contributed by atoms with Crippen LogP contribution in [0, 0.1) is 18.3 Å². The molecule has 0 saturated carbocycles. The molecule has 0 unspecified atom stereocenters. The molecule has 0 amide bonds. The topological polar surface area (TPSA) is 89.3 Å². The molecule has 2 atom stereocenters. The van der Waals surface area contributed by atoms with Crippen molar-refractivity contribution >= 4 is 46.3 Å². The molecule has 0 N–H and O–H groups in total. The summed E-state index contributed by atoms with van der Waals surface area (Å²) in [6, 6.07) is 6.45. The van der Waals surface area contributed by atoms with Gasteiger partial charge in [0.2, 0.25) is 0 Å². The number of carbonyl (C=O) groups is 2. The van der Waals surface area contributed by atoms with Crippen LogP contribution in [0.4, 0.5) is 0 Å². The molecule has 0 saturated heterocycles. The van der Waals surface area contributed by atoms with Crippen LogP contribution >= 0.6 is 34.5 Å². The van der Waals surface area contributed by atoms with Crippen molar-refractivity contribution in [1.29, 1.82) is 5.26 Å². The average molecular weight is 413 g/mol. The second kappa shape index (κ2) is 8.99. The maximum atomic E-state index is 12.2. The standard InChI is InChI=1S/C17H14Cl2N2O4S/c1-9-8-26-16(21-9)12(6-20)14(22)7-24-17(23)10(2)25-15-4-3-11(18)5-13(15)19/h3-5,8,10,12H,7H2,1-2H3/t10-,12-/m1/s1. The van der Waals surface area contributed by atoms with Gasteiger partial charge in [0.15, 0.2) is 24.4 Å². The number of aromatic nitrogens is 1. The van der Waals surface area contributed by atoms with Crippen molar-refractivity contribution in [2.45, 2.75) is 25.9 Å². The number of thiazole rings is 1. The fourth-order valence-corrected chi connectivity index (χ4v) is 3.24. The van der Waals surface area contributed by atoms with Crippen LogP contribution in [0.1, 0.15) is 23.5 Å². The maximum absolute atomic E-state index is 12.2. The molecule has 2 rings (SSSR count). The molecule has 6 nitrogen and oxygen atoms in total. The molecule has 0 radical (unpaired) electrons. The maximum Gasteiger partial charge on any atom is 0.347 e. The van der Waals surface area contributed by atoms with Gasteiger partial charge in [0.25, 0.3) is 0 Å². The van der Waals surface area contributed by atoms with E-state index in [-0.39, 0.29) is 10.8 Å². The van der Waals surface area contributed by atoms with E-state index in [1.807, 2.05) is 6.07 Å². The Balaban J connectivity index is 1.92. The van der Waals surface area contributed by atoms with Gasteiger partial charge in [-0.25, -0.2) is 9.78 Å². The van der Waals surface area contributed by atoms with Gasteiger partial charge >= 0.3 is 5.97 Å². The summed E-state index contributed by atoms with van der Waals surface area (Å²) in [4.78, 5) is 28.3. The van der Waals surface area contributed by atoms with Crippen LogP contribution in [0.5, 0.6) is 5.75 Å². The lowest BCUT2D eigenvalue weighted by molar-refractivity contribution is -0.154. The number of ether oxygens (including phenoxy) is 2. The van der Waals surface area contributed by atoms with Crippen LogP contribution in [-0.4, -0.2) is 29.4 Å². The van der Waals surface area contributed by atoms with Gasteiger partial charge < -0.3 is 9.47 Å². The number of esters is 1. The summed E-state index contributed by atoms with van der Waals surface area (Å²) in [6.45, 7) is 2.68. The van der Waals surface area contributed by atoms with Crippen molar-refractivity contribution in [3.63, 3.8) is 0 Å². The van der Waals surface area contributed by atoms with Crippen LogP contribution in [0.3, 0.4) is 0 Å². The molecule has 2 aromatic rings. The summed E-state index contributed by atoms with van der Waals surface area (Å²) in [5, 5.41) is 12.0. The third-order valence-corrected chi connectivity index (χ3v) is 4.78. The summed E-state index contributed by atoms with van der Waals surface area (Å²) < 4.78 is 10.4. The summed E-state index contributed by atoms with van der Waals surface area (Å²) in [6.07, 6.45) is -0.996. The Labute approximate surface area is 164 Å². The molecule has 0 aliphatic carbocycles. The van der Waals surface area contributed by atoms with Crippen LogP contribution in [-0.2, 0) is 14.3 Å². The first-order valence-electron chi connectivity index (χ1n) is 7.44. The molecule has 1 heterocycles. The van der Waals surface area contributed by atoms with Crippen molar-refractivity contribution in [3.05, 3.63) is 44.3 Å². The highest BCUT2D eigenvalue weighted by Gasteiger charge is 2.26. The molecule has 1 aromatic heterocycles. The van der Waals surface area contributed by atoms with Gasteiger partial charge in [0.05, 0.1) is 11.1 Å². The lowest BCUT2D eigenvalue weighted by Gasteiger charge is -2.15. The molecular weight excluding hydrogens is 399 g/mol. The lowest BCUT2D eigenvalue weighted by Crippen LogP contribution is -2.29. The second-order valence-electron chi connectivity index (χ2n) is 5.30. The molecule has 0 fully saturated rings. The van der Waals surface area contributed by atoms with Crippen molar-refractivity contribution in [3.8, 4) is 11.8 Å². The number of rotatable bonds is 7. The van der Waals surface area contributed by atoms with E-state index >= 15 is 0 Å². The highest BCUT2D eigenvalue weighted by molar-refractivity contribution is 7.09. The number of nitrogens with zero attached hydrogens (tertiary/aromatic N) is 2. The minimum Gasteiger partial charge on any atom is -0.477 e. The number of nitriles is 1. The van der Waals surface area contributed by atoms with Crippen LogP contribution in [0.25, 0.3) is 0 Å². The molecule has 0 aliphatic rings. The summed E-state index contributed by atoms with van der Waals surface area (Å²) in [5.41, 5.74) is 0.719. The first-order valence-corrected chi connectivity index (χ1v) is 9.08. The number of Topliss-reactive ketones (excluding diaryl/α,β-unsaturated/α-hetero) is 1. The van der Waals surface area contributed by atoms with Gasteiger partial charge in [0, 0.05) is 16.1 Å². The summed E-state index contributed by atoms with van der Waals surface area (Å²) >= 11 is 13.0. The Morgan fingerprint density at radius 1 is 1.38 bits per heavy atom. The Hall–Kier alpha value is -2.14. The largest absolute Gasteiger partial charge is 0.477 e. The van der Waals surface area contributed by atoms with E-state index in [1.165, 1.54) is 30.4 Å². The van der Waals surface area contributed by atoms with E-state index in [1.54, 1.807) is 18.4 Å². The predicted octanol–water partition coefficient (Wildman–Crippen LogP) is 3.95. The molecule has 0 aliphatic heterocycles. The minimum absolute atomic E-state index is 0.247. The number of aryl methyl sites for hydroxylation is 1. The number of halogens is 2. The molecule has 0 spiro atoms. The van der Waals surface area contributed by atoms with Gasteiger partial charge in [-0.05, 0) is 32.0 Å². The Morgan fingerprint density at radius 3 is 2.69 bits per heavy atom. The van der Waals surface area contributed by atoms with Crippen molar-refractivity contribution in [2.24, 2.45) is 0 Å². The fraction of sp³-hybridized carbons (Fsp3) is 0.294. The molecule has 1 aromatic carbocycles. The second-order valence-corrected chi connectivity index (χ2v) is 7.03. The average Bonchev–Trinajstić information content (AvgIpc) is 3.01. The van der Waals surface area contributed by atoms with E-state index in [9.17, 15) is 14.9 Å². The van der Waals surface area contributed by atoms with E-state index in [0.717, 1.165) is 5.69 Å². The minimum atomic E-state index is -1.07. The van der Waals surface area contributed by atoms with Gasteiger partial charge in [-0.1, -0.05) is 23.2 Å². The summed E-state index contributed by atoms with van der Waals surface area (Å²) in [7, 11) is 0. The highest BCUT2D eigenvalue weighted by Crippen LogP contribution is 2.28. The zero-order chi connectivity index (χ0) is 19.3. The van der Waals surface area contributed by atoms with E-state index in [2.05, 4.69) is 4.98 Å². The van der Waals surface area contributed by atoms with Crippen molar-refractivity contribution < 1.29 is 19.1 Å². The quantitative estimate of drug-likeness (QED) is 0.639. The number of benzene rings is 1. The Kier molecular flexibility index (Phi) is 6.98. The zero-order valence-electron chi connectivity index (χ0n) is 13.9. The normalized spacial score (nSPS) is 12.7.